The third-order valence-corrected chi connectivity index (χ3v) is 5.01. The molecular formula is C15H15NO2S. The van der Waals surface area contributed by atoms with Gasteiger partial charge < -0.3 is 0 Å². The first-order valence-electron chi connectivity index (χ1n) is 6.05. The Balaban J connectivity index is 2.45. The van der Waals surface area contributed by atoms with Crippen LogP contribution in [0.3, 0.4) is 0 Å². The van der Waals surface area contributed by atoms with Crippen molar-refractivity contribution in [3.8, 4) is 0 Å². The number of hydrogen-bond acceptors (Lipinski definition) is 2. The minimum absolute atomic E-state index is 0.315. The number of hydrogen-bond donors (Lipinski definition) is 0. The summed E-state index contributed by atoms with van der Waals surface area (Å²) in [5.41, 5.74) is 0.458. The average Bonchev–Trinajstić information content (AvgIpc) is 2.49. The van der Waals surface area contributed by atoms with Gasteiger partial charge in [-0.1, -0.05) is 43.3 Å². The maximum atomic E-state index is 12.8. The van der Waals surface area contributed by atoms with Crippen molar-refractivity contribution in [2.75, 3.05) is 5.75 Å². The third-order valence-electron chi connectivity index (χ3n) is 2.75. The highest BCUT2D eigenvalue weighted by atomic mass is 32.2. The number of rotatable bonds is 3. The van der Waals surface area contributed by atoms with Crippen molar-refractivity contribution in [2.45, 2.75) is 11.8 Å². The molecule has 0 saturated carbocycles. The molecule has 1 unspecified atom stereocenters. The molecule has 0 bridgehead atoms. The first-order valence-corrected chi connectivity index (χ1v) is 7.73. The van der Waals surface area contributed by atoms with Crippen LogP contribution in [0.5, 0.6) is 0 Å². The fraction of sp³-hybridized carbons (Fsp3) is 0.133. The Bertz CT molecular complexity index is 672. The third kappa shape index (κ3) is 3.09. The Labute approximate surface area is 113 Å². The van der Waals surface area contributed by atoms with Gasteiger partial charge in [0.25, 0.3) is 5.91 Å². The highest BCUT2D eigenvalue weighted by Gasteiger charge is 2.13. The van der Waals surface area contributed by atoms with Gasteiger partial charge >= 0.3 is 0 Å². The first kappa shape index (κ1) is 13.5. The van der Waals surface area contributed by atoms with Gasteiger partial charge in [0.15, 0.2) is 0 Å². The summed E-state index contributed by atoms with van der Waals surface area (Å²) < 4.78 is 16.7. The Morgan fingerprint density at radius 1 is 1.00 bits per heavy atom. The van der Waals surface area contributed by atoms with E-state index in [1.807, 2.05) is 12.1 Å². The minimum Gasteiger partial charge on any atom is -0.266 e. The zero-order chi connectivity index (χ0) is 13.7. The molecule has 4 heteroatoms. The van der Waals surface area contributed by atoms with Crippen LogP contribution in [-0.2, 0) is 9.73 Å². The summed E-state index contributed by atoms with van der Waals surface area (Å²) in [6.07, 6.45) is 0. The van der Waals surface area contributed by atoms with Crippen LogP contribution >= 0.6 is 0 Å². The Morgan fingerprint density at radius 3 is 2.05 bits per heavy atom. The molecule has 0 aromatic heterocycles. The standard InChI is InChI=1S/C15H15NO2S/c1-2-19(18,14-11-7-4-8-12-14)16-15(17)13-9-5-3-6-10-13/h3-12H,2H2,1H3. The van der Waals surface area contributed by atoms with E-state index in [4.69, 9.17) is 0 Å². The minimum atomic E-state index is -2.68. The molecule has 0 radical (unpaired) electrons. The maximum absolute atomic E-state index is 12.8. The van der Waals surface area contributed by atoms with Crippen LogP contribution in [0.2, 0.25) is 0 Å². The highest BCUT2D eigenvalue weighted by molar-refractivity contribution is 7.94. The van der Waals surface area contributed by atoms with Crippen molar-refractivity contribution in [3.63, 3.8) is 0 Å². The SMILES string of the molecule is CCS(=O)(=NC(=O)c1ccccc1)c1ccccc1. The maximum Gasteiger partial charge on any atom is 0.285 e. The van der Waals surface area contributed by atoms with Crippen molar-refractivity contribution >= 4 is 15.6 Å². The predicted octanol–water partition coefficient (Wildman–Crippen LogP) is 3.37. The molecule has 0 spiro atoms. The topological polar surface area (TPSA) is 46.5 Å². The van der Waals surface area contributed by atoms with E-state index < -0.39 is 15.6 Å². The molecule has 2 aromatic rings. The van der Waals surface area contributed by atoms with Crippen LogP contribution in [0.25, 0.3) is 0 Å². The summed E-state index contributed by atoms with van der Waals surface area (Å²) >= 11 is 0. The van der Waals surface area contributed by atoms with Crippen molar-refractivity contribution in [1.29, 1.82) is 0 Å². The van der Waals surface area contributed by atoms with Gasteiger partial charge in [0.05, 0.1) is 9.73 Å². The van der Waals surface area contributed by atoms with Crippen LogP contribution in [0, 0.1) is 0 Å². The molecule has 1 amide bonds. The number of benzene rings is 2. The van der Waals surface area contributed by atoms with E-state index in [-0.39, 0.29) is 0 Å². The molecule has 98 valence electrons. The van der Waals surface area contributed by atoms with Gasteiger partial charge in [-0.3, -0.25) is 4.79 Å². The molecule has 0 heterocycles. The predicted molar refractivity (Wildman–Crippen MR) is 76.6 cm³/mol. The summed E-state index contributed by atoms with van der Waals surface area (Å²) in [4.78, 5) is 12.6. The number of carbonyl (C=O) groups excluding carboxylic acids is 1. The lowest BCUT2D eigenvalue weighted by Gasteiger charge is -2.07. The van der Waals surface area contributed by atoms with E-state index in [1.165, 1.54) is 0 Å². The van der Waals surface area contributed by atoms with E-state index in [2.05, 4.69) is 4.36 Å². The summed E-state index contributed by atoms with van der Waals surface area (Å²) in [5.74, 6) is -0.119. The van der Waals surface area contributed by atoms with Crippen LogP contribution in [0.4, 0.5) is 0 Å². The number of amides is 1. The molecule has 19 heavy (non-hydrogen) atoms. The van der Waals surface area contributed by atoms with E-state index in [0.29, 0.717) is 16.2 Å². The van der Waals surface area contributed by atoms with Gasteiger partial charge in [-0.05, 0) is 24.3 Å². The normalized spacial score (nSPS) is 13.5. The molecular weight excluding hydrogens is 258 g/mol. The average molecular weight is 273 g/mol. The molecule has 0 saturated heterocycles. The van der Waals surface area contributed by atoms with Crippen molar-refractivity contribution in [3.05, 3.63) is 66.2 Å². The van der Waals surface area contributed by atoms with Gasteiger partial charge in [-0.15, -0.1) is 0 Å². The van der Waals surface area contributed by atoms with Gasteiger partial charge in [0, 0.05) is 16.2 Å². The van der Waals surface area contributed by atoms with Crippen LogP contribution in [0.1, 0.15) is 17.3 Å². The summed E-state index contributed by atoms with van der Waals surface area (Å²) in [5, 5.41) is 0. The smallest absolute Gasteiger partial charge is 0.266 e. The summed E-state index contributed by atoms with van der Waals surface area (Å²) in [7, 11) is -2.68. The Morgan fingerprint density at radius 2 is 1.53 bits per heavy atom. The fourth-order valence-corrected chi connectivity index (χ4v) is 3.21. The van der Waals surface area contributed by atoms with Gasteiger partial charge in [-0.2, -0.15) is 4.36 Å². The van der Waals surface area contributed by atoms with Gasteiger partial charge in [0.2, 0.25) is 0 Å². The van der Waals surface area contributed by atoms with E-state index in [0.717, 1.165) is 0 Å². The molecule has 0 aliphatic rings. The molecule has 2 aromatic carbocycles. The Kier molecular flexibility index (Phi) is 4.12. The van der Waals surface area contributed by atoms with Gasteiger partial charge in [0.1, 0.15) is 0 Å². The highest BCUT2D eigenvalue weighted by Crippen LogP contribution is 2.15. The zero-order valence-corrected chi connectivity index (χ0v) is 11.5. The van der Waals surface area contributed by atoms with Crippen molar-refractivity contribution < 1.29 is 9.00 Å². The number of carbonyl (C=O) groups is 1. The van der Waals surface area contributed by atoms with Crippen LogP contribution in [0.15, 0.2) is 69.9 Å². The molecule has 1 atom stereocenters. The van der Waals surface area contributed by atoms with Crippen LogP contribution < -0.4 is 0 Å². The molecule has 2 rings (SSSR count). The lowest BCUT2D eigenvalue weighted by atomic mass is 10.2. The molecule has 3 nitrogen and oxygen atoms in total. The molecule has 0 aliphatic carbocycles. The lowest BCUT2D eigenvalue weighted by Crippen LogP contribution is -2.08. The first-order chi connectivity index (χ1) is 9.15. The molecule has 0 N–H and O–H groups in total. The summed E-state index contributed by atoms with van der Waals surface area (Å²) in [6, 6.07) is 17.6. The fourth-order valence-electron chi connectivity index (χ4n) is 1.68. The Hall–Kier alpha value is -1.94. The summed E-state index contributed by atoms with van der Waals surface area (Å²) in [6.45, 7) is 1.77. The largest absolute Gasteiger partial charge is 0.285 e. The van der Waals surface area contributed by atoms with E-state index in [1.54, 1.807) is 55.5 Å². The van der Waals surface area contributed by atoms with Crippen LogP contribution in [-0.4, -0.2) is 15.9 Å². The van der Waals surface area contributed by atoms with E-state index in [9.17, 15) is 9.00 Å². The second-order valence-electron chi connectivity index (χ2n) is 4.00. The second-order valence-corrected chi connectivity index (χ2v) is 6.52. The molecule has 0 aliphatic heterocycles. The molecule has 0 fully saturated rings. The second kappa shape index (κ2) is 5.80. The van der Waals surface area contributed by atoms with Crippen molar-refractivity contribution in [1.82, 2.24) is 0 Å². The van der Waals surface area contributed by atoms with E-state index >= 15 is 0 Å². The van der Waals surface area contributed by atoms with Crippen molar-refractivity contribution in [2.24, 2.45) is 4.36 Å². The quantitative estimate of drug-likeness (QED) is 0.860. The number of nitrogens with zero attached hydrogens (tertiary/aromatic N) is 1. The monoisotopic (exact) mass is 273 g/mol. The zero-order valence-electron chi connectivity index (χ0n) is 10.7. The van der Waals surface area contributed by atoms with Gasteiger partial charge in [-0.25, -0.2) is 4.21 Å². The lowest BCUT2D eigenvalue weighted by molar-refractivity contribution is 0.100.